The van der Waals surface area contributed by atoms with Gasteiger partial charge in [0, 0.05) is 43.3 Å². The van der Waals surface area contributed by atoms with Crippen LogP contribution in [0.1, 0.15) is 120 Å². The Morgan fingerprint density at radius 2 is 1.85 bits per heavy atom. The van der Waals surface area contributed by atoms with Gasteiger partial charge in [0.2, 0.25) is 5.91 Å². The minimum absolute atomic E-state index is 0.0492. The van der Waals surface area contributed by atoms with Gasteiger partial charge >= 0.3 is 0 Å². The highest BCUT2D eigenvalue weighted by Gasteiger charge is 2.38. The van der Waals surface area contributed by atoms with Crippen LogP contribution in [0.4, 0.5) is 0 Å². The SMILES string of the molecule is CCCO[C@H](C[C@H](C(C)C)N(CCC)C(=O)[C@@H](CC(=O)[C@H]1CCCCN1C)[C@@H](C)CC)c1nc(C(=O)N[C@@H](Cc2ccc(O)cc2)C2=NN=NC2)cs1. The Morgan fingerprint density at radius 1 is 1.09 bits per heavy atom. The number of piperidine rings is 1. The second-order valence-electron chi connectivity index (χ2n) is 15.0. The van der Waals surface area contributed by atoms with Gasteiger partial charge in [0.1, 0.15) is 29.1 Å². The summed E-state index contributed by atoms with van der Waals surface area (Å²) in [5, 5.41) is 27.1. The number of thiazole rings is 1. The maximum atomic E-state index is 14.7. The molecule has 3 heterocycles. The minimum atomic E-state index is -0.456. The van der Waals surface area contributed by atoms with E-state index in [-0.39, 0.29) is 65.3 Å². The molecule has 6 atom stereocenters. The molecule has 0 aliphatic carbocycles. The number of likely N-dealkylation sites (tertiary alicyclic amines) is 1. The van der Waals surface area contributed by atoms with Crippen LogP contribution in [-0.4, -0.2) is 94.6 Å². The van der Waals surface area contributed by atoms with Gasteiger partial charge in [0.05, 0.1) is 17.8 Å². The molecule has 1 aromatic heterocycles. The molecule has 2 aliphatic heterocycles. The lowest BCUT2D eigenvalue weighted by atomic mass is 9.82. The summed E-state index contributed by atoms with van der Waals surface area (Å²) in [6.45, 7) is 14.9. The Kier molecular flexibility index (Phi) is 16.5. The van der Waals surface area contributed by atoms with Crippen molar-refractivity contribution < 1.29 is 24.2 Å². The van der Waals surface area contributed by atoms with E-state index < -0.39 is 12.1 Å². The quantitative estimate of drug-likeness (QED) is 0.137. The fraction of sp³-hybridized carbons (Fsp3) is 0.675. The number of Topliss-reactive ketones (excluding diaryl/α,β-unsaturated/α-hetero) is 1. The maximum absolute atomic E-state index is 14.7. The van der Waals surface area contributed by atoms with Crippen molar-refractivity contribution in [2.75, 3.05) is 33.3 Å². The van der Waals surface area contributed by atoms with E-state index in [2.05, 4.69) is 67.2 Å². The van der Waals surface area contributed by atoms with Gasteiger partial charge < -0.3 is 20.1 Å². The third kappa shape index (κ3) is 11.7. The zero-order chi connectivity index (χ0) is 38.5. The number of amides is 2. The summed E-state index contributed by atoms with van der Waals surface area (Å²) in [7, 11) is 2.02. The molecular weight excluding hydrogens is 691 g/mol. The monoisotopic (exact) mass is 751 g/mol. The normalized spacial score (nSPS) is 19.0. The third-order valence-electron chi connectivity index (χ3n) is 10.7. The number of aromatic nitrogens is 1. The summed E-state index contributed by atoms with van der Waals surface area (Å²) in [5.74, 6) is -0.156. The van der Waals surface area contributed by atoms with Crippen LogP contribution in [0.2, 0.25) is 0 Å². The van der Waals surface area contributed by atoms with E-state index in [1.54, 1.807) is 17.5 Å². The number of ketones is 1. The molecule has 1 saturated heterocycles. The Bertz CT molecular complexity index is 1540. The van der Waals surface area contributed by atoms with Crippen molar-refractivity contribution in [3.05, 3.63) is 45.9 Å². The fourth-order valence-electron chi connectivity index (χ4n) is 7.32. The lowest BCUT2D eigenvalue weighted by Crippen LogP contribution is -2.50. The molecule has 53 heavy (non-hydrogen) atoms. The first kappa shape index (κ1) is 42.2. The van der Waals surface area contributed by atoms with E-state index in [0.717, 1.165) is 50.6 Å². The van der Waals surface area contributed by atoms with Crippen molar-refractivity contribution in [1.29, 1.82) is 0 Å². The lowest BCUT2D eigenvalue weighted by molar-refractivity contribution is -0.145. The van der Waals surface area contributed by atoms with Gasteiger partial charge in [-0.05, 0) is 80.5 Å². The van der Waals surface area contributed by atoms with Crippen LogP contribution in [0.15, 0.2) is 45.1 Å². The molecule has 13 heteroatoms. The molecule has 12 nitrogen and oxygen atoms in total. The Balaban J connectivity index is 1.55. The van der Waals surface area contributed by atoms with E-state index in [1.165, 1.54) is 11.3 Å². The van der Waals surface area contributed by atoms with Crippen LogP contribution >= 0.6 is 11.3 Å². The number of carbonyl (C=O) groups is 3. The van der Waals surface area contributed by atoms with Gasteiger partial charge in [-0.15, -0.1) is 16.4 Å². The number of aromatic hydroxyl groups is 1. The second kappa shape index (κ2) is 20.8. The third-order valence-corrected chi connectivity index (χ3v) is 11.6. The van der Waals surface area contributed by atoms with Gasteiger partial charge in [-0.1, -0.05) is 66.5 Å². The molecule has 2 aromatic rings. The van der Waals surface area contributed by atoms with Crippen LogP contribution in [0, 0.1) is 17.8 Å². The first-order valence-corrected chi connectivity index (χ1v) is 20.5. The lowest BCUT2D eigenvalue weighted by Gasteiger charge is -2.40. The summed E-state index contributed by atoms with van der Waals surface area (Å²) in [5.41, 5.74) is 1.85. The first-order chi connectivity index (χ1) is 25.5. The van der Waals surface area contributed by atoms with E-state index in [9.17, 15) is 19.5 Å². The highest BCUT2D eigenvalue weighted by molar-refractivity contribution is 7.09. The van der Waals surface area contributed by atoms with E-state index in [1.807, 2.05) is 24.1 Å². The predicted octanol–water partition coefficient (Wildman–Crippen LogP) is 7.24. The van der Waals surface area contributed by atoms with Crippen LogP contribution in [0.3, 0.4) is 0 Å². The van der Waals surface area contributed by atoms with Crippen molar-refractivity contribution in [2.24, 2.45) is 33.2 Å². The van der Waals surface area contributed by atoms with Crippen LogP contribution < -0.4 is 5.32 Å². The van der Waals surface area contributed by atoms with Gasteiger partial charge in [-0.25, -0.2) is 4.98 Å². The minimum Gasteiger partial charge on any atom is -0.508 e. The molecule has 0 spiro atoms. The maximum Gasteiger partial charge on any atom is 0.271 e. The second-order valence-corrected chi connectivity index (χ2v) is 15.9. The van der Waals surface area contributed by atoms with E-state index in [4.69, 9.17) is 9.72 Å². The number of likely N-dealkylation sites (N-methyl/N-ethyl adjacent to an activating group) is 1. The molecule has 4 rings (SSSR count). The molecule has 0 bridgehead atoms. The van der Waals surface area contributed by atoms with Crippen LogP contribution in [0.25, 0.3) is 0 Å². The topological polar surface area (TPSA) is 149 Å². The molecule has 1 fully saturated rings. The molecule has 2 amide bonds. The molecule has 2 N–H and O–H groups in total. The van der Waals surface area contributed by atoms with Crippen molar-refractivity contribution in [1.82, 2.24) is 20.1 Å². The zero-order valence-electron chi connectivity index (χ0n) is 32.8. The smallest absolute Gasteiger partial charge is 0.271 e. The number of rotatable bonds is 21. The number of nitrogens with zero attached hydrogens (tertiary/aromatic N) is 6. The van der Waals surface area contributed by atoms with Gasteiger partial charge in [-0.2, -0.15) is 5.11 Å². The number of carbonyl (C=O) groups excluding carboxylic acids is 3. The summed E-state index contributed by atoms with van der Waals surface area (Å²) in [6, 6.07) is 6.11. The fourth-order valence-corrected chi connectivity index (χ4v) is 8.18. The summed E-state index contributed by atoms with van der Waals surface area (Å²) < 4.78 is 6.45. The molecule has 1 aromatic carbocycles. The average Bonchev–Trinajstić information content (AvgIpc) is 3.87. The molecular formula is C40H61N7O5S. The molecule has 0 unspecified atom stereocenters. The number of hydrogen-bond donors (Lipinski definition) is 2. The Labute approximate surface area is 319 Å². The van der Waals surface area contributed by atoms with Crippen molar-refractivity contribution in [2.45, 2.75) is 124 Å². The largest absolute Gasteiger partial charge is 0.508 e. The number of nitrogens with one attached hydrogen (secondary N) is 1. The molecule has 0 saturated carbocycles. The van der Waals surface area contributed by atoms with Crippen molar-refractivity contribution in [3.8, 4) is 5.75 Å². The highest BCUT2D eigenvalue weighted by Crippen LogP contribution is 2.33. The standard InChI is InChI=1S/C40H61N7O5S/c1-8-18-47(40(51)30(27(6)10-3)22-36(49)34-13-11-12-19-46(34)7)35(26(4)5)23-37(52-20-9-2)39-43-33(25-53-39)38(50)42-31(32-24-41-45-44-32)21-28-14-16-29(48)17-15-28/h14-17,25-27,30-31,34-35,37,48H,8-13,18-24H2,1-7H3,(H,42,50)/t27-,30-,31-,34+,35+,37+/m0/s1. The Morgan fingerprint density at radius 3 is 2.47 bits per heavy atom. The molecule has 0 radical (unpaired) electrons. The average molecular weight is 752 g/mol. The van der Waals surface area contributed by atoms with Gasteiger partial charge in [0.15, 0.2) is 5.78 Å². The van der Waals surface area contributed by atoms with E-state index in [0.29, 0.717) is 43.3 Å². The van der Waals surface area contributed by atoms with Crippen LogP contribution in [0.5, 0.6) is 5.75 Å². The summed E-state index contributed by atoms with van der Waals surface area (Å²) >= 11 is 1.38. The summed E-state index contributed by atoms with van der Waals surface area (Å²) in [6.07, 6.45) is 6.23. The number of hydrogen-bond acceptors (Lipinski definition) is 11. The number of phenols is 1. The van der Waals surface area contributed by atoms with Crippen molar-refractivity contribution >= 4 is 34.6 Å². The first-order valence-electron chi connectivity index (χ1n) is 19.6. The molecule has 292 valence electrons. The van der Waals surface area contributed by atoms with Gasteiger partial charge in [-0.3, -0.25) is 19.3 Å². The Hall–Kier alpha value is -3.55. The number of phenolic OH excluding ortho intramolecular Hbond substituents is 1. The van der Waals surface area contributed by atoms with E-state index >= 15 is 0 Å². The predicted molar refractivity (Wildman–Crippen MR) is 209 cm³/mol. The van der Waals surface area contributed by atoms with Gasteiger partial charge in [0.25, 0.3) is 5.91 Å². The number of benzene rings is 1. The number of ether oxygens (including phenoxy) is 1. The van der Waals surface area contributed by atoms with Crippen molar-refractivity contribution in [3.63, 3.8) is 0 Å². The highest BCUT2D eigenvalue weighted by atomic mass is 32.1. The summed E-state index contributed by atoms with van der Waals surface area (Å²) in [4.78, 5) is 51.0. The molecule has 2 aliphatic rings. The van der Waals surface area contributed by atoms with Crippen LogP contribution in [-0.2, 0) is 20.7 Å². The zero-order valence-corrected chi connectivity index (χ0v) is 33.6.